The first-order valence-corrected chi connectivity index (χ1v) is 43.7. The fourth-order valence-electron chi connectivity index (χ4n) is 9.36. The Morgan fingerprint density at radius 2 is 0.850 bits per heavy atom. The van der Waals surface area contributed by atoms with Crippen molar-refractivity contribution in [2.45, 2.75) is 139 Å². The predicted molar refractivity (Wildman–Crippen MR) is 209 cm³/mol. The summed E-state index contributed by atoms with van der Waals surface area (Å²) in [6.07, 6.45) is 6.95. The molecule has 0 N–H and O–H groups in total. The zero-order valence-electron chi connectivity index (χ0n) is 29.8. The van der Waals surface area contributed by atoms with Crippen molar-refractivity contribution in [1.82, 2.24) is 0 Å². The molecular weight excluding hydrogens is 661 g/mol. The van der Waals surface area contributed by atoms with Crippen LogP contribution in [0.3, 0.4) is 0 Å². The summed E-state index contributed by atoms with van der Waals surface area (Å²) in [6, 6.07) is 5.66. The van der Waals surface area contributed by atoms with E-state index in [1.54, 1.807) is 21.1 Å². The average Bonchev–Trinajstić information content (AvgIpc) is 2.61. The van der Waals surface area contributed by atoms with E-state index in [0.29, 0.717) is 10.3 Å². The summed E-state index contributed by atoms with van der Waals surface area (Å²) in [5.41, 5.74) is 5.22. The first kappa shape index (κ1) is 37.0. The number of halogens is 1. The summed E-state index contributed by atoms with van der Waals surface area (Å²) in [4.78, 5) is 2.54. The van der Waals surface area contributed by atoms with E-state index in [4.69, 9.17) is 10.0 Å². The van der Waals surface area contributed by atoms with E-state index in [2.05, 4.69) is 153 Å². The molecule has 0 nitrogen and oxygen atoms in total. The molecule has 0 aliphatic carbocycles. The van der Waals surface area contributed by atoms with Crippen LogP contribution in [0.4, 0.5) is 0 Å². The molecule has 0 amide bonds. The molecule has 1 atom stereocenters. The van der Waals surface area contributed by atoms with Crippen LogP contribution in [0.1, 0.15) is 32.2 Å². The summed E-state index contributed by atoms with van der Waals surface area (Å²) >= 11 is -3.05. The molecule has 1 aliphatic rings. The molecule has 1 heterocycles. The van der Waals surface area contributed by atoms with Crippen molar-refractivity contribution in [3.8, 4) is 0 Å². The van der Waals surface area contributed by atoms with E-state index in [1.165, 1.54) is 0 Å². The van der Waals surface area contributed by atoms with Crippen molar-refractivity contribution >= 4 is 75.2 Å². The average molecular weight is 726 g/mol. The summed E-state index contributed by atoms with van der Waals surface area (Å²) in [7, 11) is -1.02. The quantitative estimate of drug-likeness (QED) is 0.211. The molecule has 1 aromatic rings. The molecule has 1 unspecified atom stereocenters. The Hall–Kier alpha value is 0.834. The van der Waals surface area contributed by atoms with Crippen LogP contribution in [0, 0.1) is 0 Å². The van der Waals surface area contributed by atoms with Crippen LogP contribution in [-0.4, -0.2) is 60.8 Å². The molecule has 0 aromatic heterocycles. The topological polar surface area (TPSA) is 0 Å². The van der Waals surface area contributed by atoms with Crippen molar-refractivity contribution in [3.63, 3.8) is 0 Å². The monoisotopic (exact) mass is 726 g/mol. The Morgan fingerprint density at radius 1 is 0.525 bits per heavy atom. The van der Waals surface area contributed by atoms with Crippen LogP contribution in [0.25, 0.3) is 0 Å². The Bertz CT molecular complexity index is 1020. The van der Waals surface area contributed by atoms with Crippen molar-refractivity contribution in [2.75, 3.05) is 0 Å². The minimum atomic E-state index is -3.05. The molecule has 228 valence electrons. The normalized spacial score (nSPS) is 19.9. The van der Waals surface area contributed by atoms with E-state index >= 15 is 0 Å². The SMILES string of the molecule is C[Si](C)(C)C(c1cc(C([Si](C)(C)C)[Si](C)(C)C)[c]([Ge]2([Cl])[CH]=CC=C[CH2]2)c(C([Si](C)(C)C)[Si](C)(C)C)c1)[Si](C)(C)C. The van der Waals surface area contributed by atoms with Crippen LogP contribution in [0.15, 0.2) is 35.3 Å². The fourth-order valence-corrected chi connectivity index (χ4v) is 56.6. The van der Waals surface area contributed by atoms with Gasteiger partial charge in [-0.1, -0.05) is 0 Å². The third-order valence-corrected chi connectivity index (χ3v) is 45.3. The van der Waals surface area contributed by atoms with Gasteiger partial charge in [-0.25, -0.2) is 0 Å². The van der Waals surface area contributed by atoms with Gasteiger partial charge in [-0.3, -0.25) is 0 Å². The van der Waals surface area contributed by atoms with Gasteiger partial charge in [0.15, 0.2) is 0 Å². The Morgan fingerprint density at radius 3 is 1.10 bits per heavy atom. The van der Waals surface area contributed by atoms with Crippen LogP contribution >= 0.6 is 10.0 Å². The van der Waals surface area contributed by atoms with Crippen LogP contribution in [0.5, 0.6) is 0 Å². The zero-order valence-corrected chi connectivity index (χ0v) is 38.6. The second-order valence-corrected chi connectivity index (χ2v) is 62.7. The summed E-state index contributed by atoms with van der Waals surface area (Å²) in [6.45, 7) is 47.7. The van der Waals surface area contributed by atoms with Crippen LogP contribution < -0.4 is 4.40 Å². The predicted octanol–water partition coefficient (Wildman–Crippen LogP) is 11.3. The Labute approximate surface area is 263 Å². The maximum atomic E-state index is 8.14. The molecule has 1 aromatic carbocycles. The van der Waals surface area contributed by atoms with Crippen LogP contribution in [0.2, 0.25) is 123 Å². The van der Waals surface area contributed by atoms with Gasteiger partial charge in [-0.2, -0.15) is 0 Å². The van der Waals surface area contributed by atoms with E-state index in [1.807, 2.05) is 0 Å². The molecule has 0 saturated heterocycles. The van der Waals surface area contributed by atoms with E-state index < -0.39 is 60.8 Å². The Balaban J connectivity index is 3.36. The van der Waals surface area contributed by atoms with Crippen molar-refractivity contribution in [1.29, 1.82) is 0 Å². The zero-order chi connectivity index (χ0) is 31.5. The molecular formula is C32H65ClGeSi6. The first-order valence-electron chi connectivity index (χ1n) is 15.7. The number of allylic oxidation sites excluding steroid dienone is 3. The molecule has 0 saturated carbocycles. The Kier molecular flexibility index (Phi) is 11.1. The molecule has 2 rings (SSSR count). The number of hydrogen-bond acceptors (Lipinski definition) is 0. The van der Waals surface area contributed by atoms with Crippen molar-refractivity contribution in [3.05, 3.63) is 52.0 Å². The third-order valence-electron chi connectivity index (χ3n) is 8.81. The summed E-state index contributed by atoms with van der Waals surface area (Å²) in [5.74, 6) is 0. The van der Waals surface area contributed by atoms with Gasteiger partial charge in [0.2, 0.25) is 0 Å². The number of rotatable bonds is 10. The van der Waals surface area contributed by atoms with Gasteiger partial charge in [0.25, 0.3) is 0 Å². The van der Waals surface area contributed by atoms with Crippen molar-refractivity contribution < 1.29 is 0 Å². The standard InChI is InChI=1S/C32H65ClGeSi6/c1-35(2,3)30(36(4,5)6)26-24-27(31(37(7,8)9)38(10,11)12)29(34(33)22-20-19-21-23-34)28(25-26)32(39(13,14)15)40(16,17)18/h19-22,24-25,30-32H,23H2,1-18H3. The van der Waals surface area contributed by atoms with Gasteiger partial charge < -0.3 is 0 Å². The first-order chi connectivity index (χ1) is 17.5. The molecule has 0 radical (unpaired) electrons. The molecule has 0 spiro atoms. The molecule has 0 fully saturated rings. The van der Waals surface area contributed by atoms with E-state index in [-0.39, 0.29) is 0 Å². The minimum absolute atomic E-state index is 0.710. The number of hydrogen-bond donors (Lipinski definition) is 0. The molecule has 8 heteroatoms. The second kappa shape index (κ2) is 12.0. The second-order valence-electron chi connectivity index (χ2n) is 19.4. The third kappa shape index (κ3) is 8.51. The van der Waals surface area contributed by atoms with Gasteiger partial charge in [0, 0.05) is 0 Å². The molecule has 1 aliphatic heterocycles. The van der Waals surface area contributed by atoms with E-state index in [9.17, 15) is 0 Å². The van der Waals surface area contributed by atoms with Gasteiger partial charge in [-0.15, -0.1) is 0 Å². The molecule has 0 bridgehead atoms. The number of benzene rings is 1. The van der Waals surface area contributed by atoms with Crippen LogP contribution in [-0.2, 0) is 0 Å². The van der Waals surface area contributed by atoms with Gasteiger partial charge in [-0.05, 0) is 0 Å². The van der Waals surface area contributed by atoms with Gasteiger partial charge in [0.05, 0.1) is 0 Å². The van der Waals surface area contributed by atoms with E-state index in [0.717, 1.165) is 10.4 Å². The summed E-state index contributed by atoms with van der Waals surface area (Å²) < 4.78 is 1.72. The fraction of sp³-hybridized carbons (Fsp3) is 0.688. The van der Waals surface area contributed by atoms with Gasteiger partial charge >= 0.3 is 266 Å². The molecule has 40 heavy (non-hydrogen) atoms. The maximum absolute atomic E-state index is 8.14. The van der Waals surface area contributed by atoms with Crippen molar-refractivity contribution in [2.24, 2.45) is 0 Å². The summed E-state index contributed by atoms with van der Waals surface area (Å²) in [5, 5.41) is 3.25. The van der Waals surface area contributed by atoms with Gasteiger partial charge in [0.1, 0.15) is 0 Å².